The first-order chi connectivity index (χ1) is 28.4. The molecule has 2 saturated heterocycles. The fourth-order valence-electron chi connectivity index (χ4n) is 8.83. The van der Waals surface area contributed by atoms with Gasteiger partial charge in [0.25, 0.3) is 0 Å². The monoisotopic (exact) mass is 835 g/mol. The largest absolute Gasteiger partial charge is 0.490 e. The lowest BCUT2D eigenvalue weighted by Gasteiger charge is -2.47. The third-order valence-corrected chi connectivity index (χ3v) is 12.4. The van der Waals surface area contributed by atoms with E-state index in [9.17, 15) is 14.4 Å². The van der Waals surface area contributed by atoms with Crippen molar-refractivity contribution < 1.29 is 33.3 Å². The van der Waals surface area contributed by atoms with Crippen LogP contribution in [0, 0.1) is 10.8 Å². The summed E-state index contributed by atoms with van der Waals surface area (Å²) < 4.78 is 24.1. The molecule has 2 heterocycles. The van der Waals surface area contributed by atoms with Crippen LogP contribution in [0.2, 0.25) is 0 Å². The molecule has 60 heavy (non-hydrogen) atoms. The van der Waals surface area contributed by atoms with Crippen LogP contribution in [0.25, 0.3) is 0 Å². The normalized spacial score (nSPS) is 25.2. The van der Waals surface area contributed by atoms with E-state index in [0.29, 0.717) is 44.0 Å². The average molecular weight is 835 g/mol. The van der Waals surface area contributed by atoms with Gasteiger partial charge in [0.2, 0.25) is 0 Å². The summed E-state index contributed by atoms with van der Waals surface area (Å²) >= 11 is 0. The second-order valence-corrected chi connectivity index (χ2v) is 19.3. The Kier molecular flexibility index (Phi) is 16.0. The molecule has 2 aromatic carbocycles. The molecule has 3 N–H and O–H groups in total. The fraction of sp³-hybridized carbons (Fsp3) is 0.681. The van der Waals surface area contributed by atoms with E-state index in [1.807, 2.05) is 38.2 Å². The van der Waals surface area contributed by atoms with Crippen LogP contribution in [0.5, 0.6) is 11.5 Å². The highest BCUT2D eigenvalue weighted by Crippen LogP contribution is 2.46. The van der Waals surface area contributed by atoms with Gasteiger partial charge in [-0.15, -0.1) is 0 Å². The van der Waals surface area contributed by atoms with Crippen molar-refractivity contribution in [3.63, 3.8) is 0 Å². The van der Waals surface area contributed by atoms with E-state index in [4.69, 9.17) is 18.9 Å². The van der Waals surface area contributed by atoms with Gasteiger partial charge in [-0.1, -0.05) is 72.2 Å². The zero-order valence-electron chi connectivity index (χ0n) is 38.1. The number of alkyl carbamates (subject to hydrolysis) is 2. The van der Waals surface area contributed by atoms with Crippen molar-refractivity contribution in [1.82, 2.24) is 30.7 Å². The van der Waals surface area contributed by atoms with Gasteiger partial charge in [0.15, 0.2) is 12.2 Å². The number of rotatable bonds is 21. The Morgan fingerprint density at radius 1 is 0.800 bits per heavy atom. The SMILES string of the molecule is CCCCN(C)C(=O)NCC1(C)CC(NC(=O)OC(COc2ccc(C(C)(C)c3ccc(OCC(CN4CC4C)OC(=O)NCC)cc3)cc2)CN2CC2C)CC(C)(C)C1. The summed E-state index contributed by atoms with van der Waals surface area (Å²) in [6.45, 7) is 24.9. The number of hydrogen-bond acceptors (Lipinski definition) is 9. The maximum Gasteiger partial charge on any atom is 0.407 e. The molecule has 2 aliphatic heterocycles. The van der Waals surface area contributed by atoms with E-state index in [1.54, 1.807) is 4.90 Å². The molecule has 0 spiro atoms. The number of hydrogen-bond donors (Lipinski definition) is 3. The van der Waals surface area contributed by atoms with Gasteiger partial charge in [-0.3, -0.25) is 9.80 Å². The van der Waals surface area contributed by atoms with Gasteiger partial charge in [0.05, 0.1) is 0 Å². The number of carbonyl (C=O) groups excluding carboxylic acids is 3. The fourth-order valence-corrected chi connectivity index (χ4v) is 8.83. The lowest BCUT2D eigenvalue weighted by Crippen LogP contribution is -2.52. The molecule has 5 rings (SSSR count). The van der Waals surface area contributed by atoms with E-state index < -0.39 is 18.3 Å². The van der Waals surface area contributed by atoms with Crippen molar-refractivity contribution in [2.24, 2.45) is 10.8 Å². The second kappa shape index (κ2) is 20.6. The van der Waals surface area contributed by atoms with Crippen LogP contribution < -0.4 is 25.4 Å². The number of unbranched alkanes of at least 4 members (excludes halogenated alkanes) is 1. The molecule has 3 aliphatic rings. The lowest BCUT2D eigenvalue weighted by molar-refractivity contribution is 0.0390. The van der Waals surface area contributed by atoms with Gasteiger partial charge in [0, 0.05) is 76.4 Å². The minimum absolute atomic E-state index is 0.0123. The molecule has 8 unspecified atom stereocenters. The second-order valence-electron chi connectivity index (χ2n) is 19.3. The molecular weight excluding hydrogens is 761 g/mol. The molecule has 4 amide bonds. The van der Waals surface area contributed by atoms with Crippen LogP contribution in [0.15, 0.2) is 48.5 Å². The van der Waals surface area contributed by atoms with Gasteiger partial charge >= 0.3 is 18.2 Å². The third kappa shape index (κ3) is 14.2. The van der Waals surface area contributed by atoms with Crippen LogP contribution in [-0.4, -0.2) is 129 Å². The van der Waals surface area contributed by atoms with Crippen molar-refractivity contribution in [1.29, 1.82) is 0 Å². The molecule has 8 atom stereocenters. The number of amides is 4. The van der Waals surface area contributed by atoms with Crippen LogP contribution >= 0.6 is 0 Å². The summed E-state index contributed by atoms with van der Waals surface area (Å²) in [5.74, 6) is 1.43. The summed E-state index contributed by atoms with van der Waals surface area (Å²) in [5, 5.41) is 9.05. The molecule has 0 bridgehead atoms. The van der Waals surface area contributed by atoms with E-state index in [0.717, 1.165) is 68.6 Å². The van der Waals surface area contributed by atoms with Crippen molar-refractivity contribution in [3.05, 3.63) is 59.7 Å². The minimum Gasteiger partial charge on any atom is -0.490 e. The highest BCUT2D eigenvalue weighted by Gasteiger charge is 2.43. The van der Waals surface area contributed by atoms with Crippen LogP contribution in [0.1, 0.15) is 106 Å². The quantitative estimate of drug-likeness (QED) is 0.110. The first-order valence-electron chi connectivity index (χ1n) is 22.2. The molecule has 0 radical (unpaired) electrons. The summed E-state index contributed by atoms with van der Waals surface area (Å²) in [5.41, 5.74) is 1.78. The highest BCUT2D eigenvalue weighted by molar-refractivity contribution is 5.73. The first kappa shape index (κ1) is 46.8. The van der Waals surface area contributed by atoms with Gasteiger partial charge in [-0.25, -0.2) is 14.4 Å². The predicted octanol–water partition coefficient (Wildman–Crippen LogP) is 7.41. The topological polar surface area (TPSA) is 133 Å². The molecule has 2 aromatic rings. The van der Waals surface area contributed by atoms with Crippen LogP contribution in [0.3, 0.4) is 0 Å². The smallest absolute Gasteiger partial charge is 0.407 e. The highest BCUT2D eigenvalue weighted by atomic mass is 16.6. The summed E-state index contributed by atoms with van der Waals surface area (Å²) in [6, 6.07) is 17.0. The Morgan fingerprint density at radius 2 is 1.30 bits per heavy atom. The lowest BCUT2D eigenvalue weighted by atomic mass is 9.62. The van der Waals surface area contributed by atoms with Crippen LogP contribution in [-0.2, 0) is 14.9 Å². The van der Waals surface area contributed by atoms with Crippen molar-refractivity contribution in [2.45, 2.75) is 130 Å². The Hall–Kier alpha value is -4.23. The molecule has 13 heteroatoms. The van der Waals surface area contributed by atoms with Crippen molar-refractivity contribution in [3.8, 4) is 11.5 Å². The molecular formula is C47H74N6O7. The zero-order valence-corrected chi connectivity index (χ0v) is 38.1. The number of urea groups is 1. The molecule has 3 fully saturated rings. The van der Waals surface area contributed by atoms with E-state index in [1.165, 1.54) is 0 Å². The van der Waals surface area contributed by atoms with Gasteiger partial charge in [-0.05, 0) is 92.7 Å². The number of benzene rings is 2. The third-order valence-electron chi connectivity index (χ3n) is 12.4. The van der Waals surface area contributed by atoms with E-state index in [2.05, 4.69) is 105 Å². The molecule has 334 valence electrons. The molecule has 1 saturated carbocycles. The van der Waals surface area contributed by atoms with E-state index in [-0.39, 0.29) is 47.6 Å². The Labute approximate surface area is 359 Å². The van der Waals surface area contributed by atoms with Gasteiger partial charge in [0.1, 0.15) is 24.7 Å². The summed E-state index contributed by atoms with van der Waals surface area (Å²) in [7, 11) is 1.84. The number of nitrogens with zero attached hydrogens (tertiary/aromatic N) is 3. The number of nitrogens with one attached hydrogen (secondary N) is 3. The number of carbonyl (C=O) groups is 3. The van der Waals surface area contributed by atoms with Crippen molar-refractivity contribution >= 4 is 18.2 Å². The summed E-state index contributed by atoms with van der Waals surface area (Å²) in [6.07, 6.45) is 2.88. The standard InChI is InChI=1S/C47H74N6O7/c1-11-13-22-51(10)42(54)49-32-47(9)24-37(23-45(5,6)31-47)50-44(56)60-41(28-53-26-34(53)4)30-58-39-20-16-36(17-21-39)46(7,8)35-14-18-38(19-15-35)57-29-40(27-52-25-33(52)3)59-43(55)48-12-2/h14-21,33-34,37,40-41H,11-13,22-32H2,1-10H3,(H,48,55)(H,49,54)(H,50,56). The van der Waals surface area contributed by atoms with Gasteiger partial charge in [-0.2, -0.15) is 0 Å². The molecule has 1 aliphatic carbocycles. The first-order valence-corrected chi connectivity index (χ1v) is 22.2. The van der Waals surface area contributed by atoms with Crippen molar-refractivity contribution in [2.75, 3.05) is 66.1 Å². The average Bonchev–Trinajstić information content (AvgIpc) is 4.09. The Balaban J connectivity index is 1.13. The molecule has 13 nitrogen and oxygen atoms in total. The Morgan fingerprint density at radius 3 is 1.77 bits per heavy atom. The minimum atomic E-state index is -0.446. The number of ether oxygens (including phenoxy) is 4. The molecule has 0 aromatic heterocycles. The van der Waals surface area contributed by atoms with Gasteiger partial charge < -0.3 is 39.8 Å². The maximum atomic E-state index is 13.5. The zero-order chi connectivity index (χ0) is 43.7. The van der Waals surface area contributed by atoms with Crippen LogP contribution in [0.4, 0.5) is 14.4 Å². The predicted molar refractivity (Wildman–Crippen MR) is 236 cm³/mol. The Bertz CT molecular complexity index is 1700. The summed E-state index contributed by atoms with van der Waals surface area (Å²) in [4.78, 5) is 44.6. The van der Waals surface area contributed by atoms with E-state index >= 15 is 0 Å². The maximum absolute atomic E-state index is 13.5.